The van der Waals surface area contributed by atoms with Crippen molar-refractivity contribution in [3.05, 3.63) is 34.2 Å². The summed E-state index contributed by atoms with van der Waals surface area (Å²) >= 11 is 0. The second-order valence-corrected chi connectivity index (χ2v) is 3.26. The predicted molar refractivity (Wildman–Crippen MR) is 58.1 cm³/mol. The van der Waals surface area contributed by atoms with Crippen LogP contribution in [-0.4, -0.2) is 42.3 Å². The molecule has 6 heteroatoms. The zero-order valence-corrected chi connectivity index (χ0v) is 9.11. The highest BCUT2D eigenvalue weighted by Crippen LogP contribution is 1.95. The van der Waals surface area contributed by atoms with Crippen molar-refractivity contribution in [2.24, 2.45) is 0 Å². The summed E-state index contributed by atoms with van der Waals surface area (Å²) in [6.07, 6.45) is 2.77. The molecule has 0 atom stereocenters. The molecule has 0 saturated heterocycles. The first-order chi connectivity index (χ1) is 7.56. The SMILES string of the molecule is CNC(=O)CN(C)C(=O)c1c[nH]ccc1=O. The first-order valence-corrected chi connectivity index (χ1v) is 4.69. The molecule has 0 unspecified atom stereocenters. The number of nitrogens with zero attached hydrogens (tertiary/aromatic N) is 1. The number of nitrogens with one attached hydrogen (secondary N) is 2. The highest BCUT2D eigenvalue weighted by molar-refractivity contribution is 5.95. The molecule has 16 heavy (non-hydrogen) atoms. The van der Waals surface area contributed by atoms with Crippen molar-refractivity contribution in [1.82, 2.24) is 15.2 Å². The fourth-order valence-corrected chi connectivity index (χ4v) is 1.16. The van der Waals surface area contributed by atoms with E-state index < -0.39 is 5.91 Å². The summed E-state index contributed by atoms with van der Waals surface area (Å²) in [5, 5.41) is 2.40. The average molecular weight is 223 g/mol. The Morgan fingerprint density at radius 2 is 2.19 bits per heavy atom. The molecule has 0 bridgehead atoms. The van der Waals surface area contributed by atoms with Gasteiger partial charge in [-0.15, -0.1) is 0 Å². The molecule has 1 aromatic heterocycles. The molecule has 2 N–H and O–H groups in total. The van der Waals surface area contributed by atoms with Gasteiger partial charge in [0.25, 0.3) is 5.91 Å². The molecule has 0 fully saturated rings. The first-order valence-electron chi connectivity index (χ1n) is 4.69. The minimum atomic E-state index is -0.481. The van der Waals surface area contributed by atoms with Crippen molar-refractivity contribution in [2.45, 2.75) is 0 Å². The highest BCUT2D eigenvalue weighted by Gasteiger charge is 2.16. The van der Waals surface area contributed by atoms with Gasteiger partial charge in [0.05, 0.1) is 6.54 Å². The molecule has 0 saturated carbocycles. The molecular weight excluding hydrogens is 210 g/mol. The number of amides is 2. The van der Waals surface area contributed by atoms with Crippen LogP contribution in [0.2, 0.25) is 0 Å². The highest BCUT2D eigenvalue weighted by atomic mass is 16.2. The molecule has 0 aliphatic heterocycles. The van der Waals surface area contributed by atoms with Crippen LogP contribution in [-0.2, 0) is 4.79 Å². The Balaban J connectivity index is 2.83. The van der Waals surface area contributed by atoms with Crippen LogP contribution in [0.4, 0.5) is 0 Å². The second kappa shape index (κ2) is 5.11. The smallest absolute Gasteiger partial charge is 0.259 e. The molecule has 0 spiro atoms. The van der Waals surface area contributed by atoms with Crippen LogP contribution in [0.15, 0.2) is 23.3 Å². The second-order valence-electron chi connectivity index (χ2n) is 3.26. The molecule has 86 valence electrons. The van der Waals surface area contributed by atoms with Crippen molar-refractivity contribution >= 4 is 11.8 Å². The summed E-state index contributed by atoms with van der Waals surface area (Å²) < 4.78 is 0. The Hall–Kier alpha value is -2.11. The van der Waals surface area contributed by atoms with Crippen LogP contribution in [0.5, 0.6) is 0 Å². The number of carbonyl (C=O) groups excluding carboxylic acids is 2. The van der Waals surface area contributed by atoms with Crippen molar-refractivity contribution in [2.75, 3.05) is 20.6 Å². The fourth-order valence-electron chi connectivity index (χ4n) is 1.16. The van der Waals surface area contributed by atoms with Gasteiger partial charge < -0.3 is 15.2 Å². The molecule has 6 nitrogen and oxygen atoms in total. The van der Waals surface area contributed by atoms with Gasteiger partial charge in [-0.2, -0.15) is 0 Å². The van der Waals surface area contributed by atoms with E-state index in [1.54, 1.807) is 0 Å². The van der Waals surface area contributed by atoms with Gasteiger partial charge in [-0.25, -0.2) is 0 Å². The normalized spacial score (nSPS) is 9.62. The number of pyridine rings is 1. The lowest BCUT2D eigenvalue weighted by Gasteiger charge is -2.15. The van der Waals surface area contributed by atoms with Gasteiger partial charge in [-0.1, -0.05) is 0 Å². The Morgan fingerprint density at radius 1 is 1.50 bits per heavy atom. The number of H-pyrrole nitrogens is 1. The molecule has 0 aromatic carbocycles. The Kier molecular flexibility index (Phi) is 3.82. The Morgan fingerprint density at radius 3 is 2.75 bits per heavy atom. The summed E-state index contributed by atoms with van der Waals surface area (Å²) in [4.78, 5) is 38.0. The van der Waals surface area contributed by atoms with Gasteiger partial charge >= 0.3 is 0 Å². The summed E-state index contributed by atoms with van der Waals surface area (Å²) in [7, 11) is 2.94. The molecule has 1 aromatic rings. The number of hydrogen-bond acceptors (Lipinski definition) is 3. The lowest BCUT2D eigenvalue weighted by Crippen LogP contribution is -2.38. The zero-order valence-electron chi connectivity index (χ0n) is 9.11. The molecule has 0 aliphatic rings. The quantitative estimate of drug-likeness (QED) is 0.703. The lowest BCUT2D eigenvalue weighted by atomic mass is 10.2. The van der Waals surface area contributed by atoms with Crippen LogP contribution in [0.25, 0.3) is 0 Å². The Labute approximate surface area is 92.3 Å². The van der Waals surface area contributed by atoms with Crippen molar-refractivity contribution in [1.29, 1.82) is 0 Å². The van der Waals surface area contributed by atoms with Crippen LogP contribution >= 0.6 is 0 Å². The van der Waals surface area contributed by atoms with E-state index in [1.807, 2.05) is 0 Å². The minimum Gasteiger partial charge on any atom is -0.367 e. The van der Waals surface area contributed by atoms with Gasteiger partial charge in [-0.3, -0.25) is 14.4 Å². The molecule has 0 radical (unpaired) electrons. The number of rotatable bonds is 3. The number of aromatic nitrogens is 1. The van der Waals surface area contributed by atoms with E-state index in [0.717, 1.165) is 0 Å². The Bertz CT molecular complexity index is 453. The average Bonchev–Trinajstić information content (AvgIpc) is 2.28. The van der Waals surface area contributed by atoms with Gasteiger partial charge in [0.2, 0.25) is 5.91 Å². The summed E-state index contributed by atoms with van der Waals surface area (Å²) in [6.45, 7) is -0.0797. The van der Waals surface area contributed by atoms with Crippen molar-refractivity contribution in [3.8, 4) is 0 Å². The maximum atomic E-state index is 11.7. The monoisotopic (exact) mass is 223 g/mol. The van der Waals surface area contributed by atoms with Gasteiger partial charge in [0.1, 0.15) is 5.56 Å². The van der Waals surface area contributed by atoms with E-state index in [1.165, 1.54) is 37.5 Å². The summed E-state index contributed by atoms with van der Waals surface area (Å²) in [5.74, 6) is -0.770. The number of likely N-dealkylation sites (N-methyl/N-ethyl adjacent to an activating group) is 2. The van der Waals surface area contributed by atoms with Gasteiger partial charge in [0, 0.05) is 32.6 Å². The molecule has 1 rings (SSSR count). The topological polar surface area (TPSA) is 82.3 Å². The van der Waals surface area contributed by atoms with E-state index in [2.05, 4.69) is 10.3 Å². The molecule has 1 heterocycles. The van der Waals surface area contributed by atoms with E-state index in [9.17, 15) is 14.4 Å². The van der Waals surface area contributed by atoms with Crippen LogP contribution in [0, 0.1) is 0 Å². The summed E-state index contributed by atoms with van der Waals surface area (Å²) in [6, 6.07) is 1.26. The molecule has 0 aliphatic carbocycles. The zero-order chi connectivity index (χ0) is 12.1. The maximum absolute atomic E-state index is 11.7. The van der Waals surface area contributed by atoms with E-state index in [4.69, 9.17) is 0 Å². The first kappa shape index (κ1) is 12.0. The van der Waals surface area contributed by atoms with Gasteiger partial charge in [0.15, 0.2) is 5.43 Å². The van der Waals surface area contributed by atoms with Crippen LogP contribution in [0.3, 0.4) is 0 Å². The lowest BCUT2D eigenvalue weighted by molar-refractivity contribution is -0.121. The van der Waals surface area contributed by atoms with E-state index in [-0.39, 0.29) is 23.4 Å². The van der Waals surface area contributed by atoms with Crippen LogP contribution in [0.1, 0.15) is 10.4 Å². The number of hydrogen-bond donors (Lipinski definition) is 2. The standard InChI is InChI=1S/C10H13N3O3/c1-11-9(15)6-13(2)10(16)7-5-12-4-3-8(7)14/h3-5H,6H2,1-2H3,(H,11,15)(H,12,14). The third kappa shape index (κ3) is 2.69. The third-order valence-electron chi connectivity index (χ3n) is 2.06. The fraction of sp³-hybridized carbons (Fsp3) is 0.300. The number of carbonyl (C=O) groups is 2. The van der Waals surface area contributed by atoms with E-state index in [0.29, 0.717) is 0 Å². The van der Waals surface area contributed by atoms with Gasteiger partial charge in [-0.05, 0) is 0 Å². The molecular formula is C10H13N3O3. The third-order valence-corrected chi connectivity index (χ3v) is 2.06. The van der Waals surface area contributed by atoms with Crippen LogP contribution < -0.4 is 10.7 Å². The largest absolute Gasteiger partial charge is 0.367 e. The van der Waals surface area contributed by atoms with Crippen molar-refractivity contribution in [3.63, 3.8) is 0 Å². The summed E-state index contributed by atoms with van der Waals surface area (Å²) in [5.41, 5.74) is -0.346. The van der Waals surface area contributed by atoms with E-state index >= 15 is 0 Å². The maximum Gasteiger partial charge on any atom is 0.259 e. The number of aromatic amines is 1. The predicted octanol–water partition coefficient (Wildman–Crippen LogP) is -0.807. The minimum absolute atomic E-state index is 0.0221. The molecule has 2 amide bonds. The van der Waals surface area contributed by atoms with Crippen molar-refractivity contribution < 1.29 is 9.59 Å².